The van der Waals surface area contributed by atoms with Gasteiger partial charge in [-0.15, -0.1) is 0 Å². The number of hydrogen-bond acceptors (Lipinski definition) is 6. The van der Waals surface area contributed by atoms with Gasteiger partial charge >= 0.3 is 12.0 Å². The molecule has 2 amide bonds. The van der Waals surface area contributed by atoms with E-state index in [-0.39, 0.29) is 30.2 Å². The van der Waals surface area contributed by atoms with Gasteiger partial charge in [0, 0.05) is 30.3 Å². The molecular formula is C37H58N2O5S. The summed E-state index contributed by atoms with van der Waals surface area (Å²) in [5.74, 6) is 2.72. The normalized spacial score (nSPS) is 37.3. The van der Waals surface area contributed by atoms with Crippen LogP contribution in [0.4, 0.5) is 4.79 Å². The first-order valence-electron chi connectivity index (χ1n) is 17.7. The lowest BCUT2D eigenvalue weighted by atomic mass is 9.60. The Morgan fingerprint density at radius 2 is 2.02 bits per heavy atom. The molecule has 8 heteroatoms. The maximum Gasteiger partial charge on any atom is 0.315 e. The van der Waals surface area contributed by atoms with Gasteiger partial charge in [0.15, 0.2) is 0 Å². The minimum absolute atomic E-state index is 0.0644. The Morgan fingerprint density at radius 3 is 2.80 bits per heavy atom. The van der Waals surface area contributed by atoms with Crippen molar-refractivity contribution in [2.24, 2.45) is 23.2 Å². The summed E-state index contributed by atoms with van der Waals surface area (Å²) in [6, 6.07) is 0.359. The van der Waals surface area contributed by atoms with Crippen molar-refractivity contribution in [1.82, 2.24) is 10.6 Å². The van der Waals surface area contributed by atoms with E-state index in [4.69, 9.17) is 4.74 Å². The number of carbonyl (C=O) groups excluding carboxylic acids is 2. The fraction of sp³-hybridized carbons (Fsp3) is 0.784. The van der Waals surface area contributed by atoms with Crippen LogP contribution in [-0.2, 0) is 9.53 Å². The van der Waals surface area contributed by atoms with Crippen LogP contribution in [0.3, 0.4) is 0 Å². The van der Waals surface area contributed by atoms with E-state index >= 15 is 0 Å². The molecular weight excluding hydrogens is 584 g/mol. The van der Waals surface area contributed by atoms with Crippen LogP contribution >= 0.6 is 11.8 Å². The average molecular weight is 643 g/mol. The number of fused-ring (bicyclic) bond motifs is 2. The third kappa shape index (κ3) is 8.39. The molecule has 3 aliphatic carbocycles. The Labute approximate surface area is 275 Å². The number of esters is 1. The topological polar surface area (TPSA) is 108 Å². The van der Waals surface area contributed by atoms with E-state index in [1.54, 1.807) is 0 Å². The first kappa shape index (κ1) is 34.6. The number of carbonyl (C=O) groups is 2. The van der Waals surface area contributed by atoms with Gasteiger partial charge in [0.25, 0.3) is 0 Å². The van der Waals surface area contributed by atoms with Crippen LogP contribution in [0, 0.1) is 23.2 Å². The number of allylic oxidation sites excluding steroid dienone is 3. The van der Waals surface area contributed by atoms with Crippen LogP contribution in [0.15, 0.2) is 35.5 Å². The Hall–Kier alpha value is -1.77. The van der Waals surface area contributed by atoms with Crippen LogP contribution in [-0.4, -0.2) is 63.1 Å². The molecule has 252 valence electrons. The maximum atomic E-state index is 12.8. The van der Waals surface area contributed by atoms with Crippen molar-refractivity contribution in [2.75, 3.05) is 5.75 Å². The first-order chi connectivity index (χ1) is 21.3. The van der Waals surface area contributed by atoms with E-state index in [0.717, 1.165) is 55.4 Å². The number of rotatable bonds is 12. The lowest BCUT2D eigenvalue weighted by molar-refractivity contribution is -0.150. The average Bonchev–Trinajstić information content (AvgIpc) is 3.63. The standard InChI is InChI=1S/C37H58N2O5S/c1-23(10-8-18-36(3,4)43)28-16-17-29-25(11-9-19-37(28,29)5)14-15-26-20-27(21-31(40)24(26)2)44-33(41)13-7-6-12-32-34-30(22-45-32)38-35(42)39-34/h14-15,23,27-32,34,40,43H,2,6-13,16-22H2,1,3-5H3,(H2,38,39,42)/b25-14?,26-15-/t23-,27-,28-,29?,30+,31?,32+,34+,37-/m1/s1. The summed E-state index contributed by atoms with van der Waals surface area (Å²) in [5.41, 5.74) is 3.02. The summed E-state index contributed by atoms with van der Waals surface area (Å²) in [7, 11) is 0. The van der Waals surface area contributed by atoms with Gasteiger partial charge in [-0.05, 0) is 99.5 Å². The molecule has 3 saturated carbocycles. The van der Waals surface area contributed by atoms with Crippen molar-refractivity contribution in [1.29, 1.82) is 0 Å². The molecule has 0 bridgehead atoms. The molecule has 0 radical (unpaired) electrons. The van der Waals surface area contributed by atoms with Gasteiger partial charge in [0.05, 0.1) is 23.8 Å². The smallest absolute Gasteiger partial charge is 0.315 e. The minimum Gasteiger partial charge on any atom is -0.462 e. The number of amides is 2. The molecule has 2 heterocycles. The summed E-state index contributed by atoms with van der Waals surface area (Å²) < 4.78 is 5.88. The molecule has 2 aliphatic heterocycles. The summed E-state index contributed by atoms with van der Waals surface area (Å²) in [6.07, 6.45) is 16.8. The Morgan fingerprint density at radius 1 is 1.22 bits per heavy atom. The van der Waals surface area contributed by atoms with E-state index in [1.807, 2.05) is 25.6 Å². The lowest BCUT2D eigenvalue weighted by Gasteiger charge is -2.44. The summed E-state index contributed by atoms with van der Waals surface area (Å²) in [6.45, 7) is 13.0. The molecule has 7 nitrogen and oxygen atoms in total. The van der Waals surface area contributed by atoms with Crippen LogP contribution in [0.1, 0.15) is 118 Å². The number of unbranched alkanes of at least 4 members (excludes halogenated alkanes) is 1. The lowest BCUT2D eigenvalue weighted by Crippen LogP contribution is -2.36. The Bertz CT molecular complexity index is 1160. The third-order valence-corrected chi connectivity index (χ3v) is 13.3. The second-order valence-electron chi connectivity index (χ2n) is 15.7. The van der Waals surface area contributed by atoms with Crippen molar-refractivity contribution in [3.05, 3.63) is 35.5 Å². The van der Waals surface area contributed by atoms with E-state index in [9.17, 15) is 19.8 Å². The van der Waals surface area contributed by atoms with Gasteiger partial charge in [0.2, 0.25) is 0 Å². The van der Waals surface area contributed by atoms with E-state index in [0.29, 0.717) is 47.7 Å². The molecule has 0 aromatic heterocycles. The number of aliphatic hydroxyl groups excluding tert-OH is 1. The predicted molar refractivity (Wildman–Crippen MR) is 182 cm³/mol. The molecule has 5 aliphatic rings. The number of urea groups is 1. The second-order valence-corrected chi connectivity index (χ2v) is 16.9. The largest absolute Gasteiger partial charge is 0.462 e. The van der Waals surface area contributed by atoms with Crippen LogP contribution in [0.5, 0.6) is 0 Å². The Kier molecular flexibility index (Phi) is 11.2. The van der Waals surface area contributed by atoms with Crippen molar-refractivity contribution in [3.8, 4) is 0 Å². The molecule has 2 unspecified atom stereocenters. The monoisotopic (exact) mass is 642 g/mol. The number of nitrogens with one attached hydrogen (secondary N) is 2. The molecule has 0 spiro atoms. The van der Waals surface area contributed by atoms with E-state index in [2.05, 4.69) is 43.2 Å². The molecule has 5 rings (SSSR count). The molecule has 5 fully saturated rings. The zero-order valence-electron chi connectivity index (χ0n) is 28.1. The molecule has 2 saturated heterocycles. The van der Waals surface area contributed by atoms with Gasteiger partial charge < -0.3 is 25.6 Å². The van der Waals surface area contributed by atoms with E-state index < -0.39 is 11.7 Å². The number of thioether (sulfide) groups is 1. The number of ether oxygens (including phenoxy) is 1. The molecule has 9 atom stereocenters. The summed E-state index contributed by atoms with van der Waals surface area (Å²) in [4.78, 5) is 24.4. The van der Waals surface area contributed by atoms with Gasteiger partial charge in [-0.2, -0.15) is 11.8 Å². The number of aliphatic hydroxyl groups is 2. The van der Waals surface area contributed by atoms with Gasteiger partial charge in [0.1, 0.15) is 6.10 Å². The summed E-state index contributed by atoms with van der Waals surface area (Å²) in [5, 5.41) is 27.4. The quantitative estimate of drug-likeness (QED) is 0.104. The third-order valence-electron chi connectivity index (χ3n) is 11.8. The van der Waals surface area contributed by atoms with Crippen LogP contribution in [0.25, 0.3) is 0 Å². The van der Waals surface area contributed by atoms with Crippen LogP contribution in [0.2, 0.25) is 0 Å². The fourth-order valence-electron chi connectivity index (χ4n) is 9.31. The molecule has 45 heavy (non-hydrogen) atoms. The molecule has 0 aromatic rings. The molecule has 4 N–H and O–H groups in total. The maximum absolute atomic E-state index is 12.8. The highest BCUT2D eigenvalue weighted by atomic mass is 32.2. The second kappa shape index (κ2) is 14.6. The fourth-order valence-corrected chi connectivity index (χ4v) is 10.9. The zero-order valence-corrected chi connectivity index (χ0v) is 28.9. The van der Waals surface area contributed by atoms with Crippen molar-refractivity contribution in [2.45, 2.75) is 153 Å². The molecule has 0 aromatic carbocycles. The highest BCUT2D eigenvalue weighted by Gasteiger charge is 2.50. The van der Waals surface area contributed by atoms with Gasteiger partial charge in [-0.3, -0.25) is 4.79 Å². The van der Waals surface area contributed by atoms with Gasteiger partial charge in [-0.1, -0.05) is 57.4 Å². The van der Waals surface area contributed by atoms with Crippen LogP contribution < -0.4 is 10.6 Å². The van der Waals surface area contributed by atoms with Crippen molar-refractivity contribution >= 4 is 23.8 Å². The predicted octanol–water partition coefficient (Wildman–Crippen LogP) is 6.98. The zero-order chi connectivity index (χ0) is 32.4. The highest BCUT2D eigenvalue weighted by molar-refractivity contribution is 8.00. The van der Waals surface area contributed by atoms with Crippen molar-refractivity contribution < 1.29 is 24.5 Å². The summed E-state index contributed by atoms with van der Waals surface area (Å²) >= 11 is 1.90. The SMILES string of the molecule is C=C1/C(=C\C=C2CCC[C@@]3(C)C2CC[C@@H]3[C@H](C)CCCC(C)(C)O)C[C@@H](OC(=O)CCCC[C@@H]2SC[C@@H]3NC(=O)N[C@@H]32)CC1O. The Balaban J connectivity index is 1.12. The first-order valence-corrected chi connectivity index (χ1v) is 18.8. The minimum atomic E-state index is -0.694. The van der Waals surface area contributed by atoms with Gasteiger partial charge in [-0.25, -0.2) is 4.79 Å². The van der Waals surface area contributed by atoms with Crippen molar-refractivity contribution in [3.63, 3.8) is 0 Å². The number of hydrogen-bond donors (Lipinski definition) is 4. The highest BCUT2D eigenvalue weighted by Crippen LogP contribution is 2.60. The van der Waals surface area contributed by atoms with E-state index in [1.165, 1.54) is 37.7 Å².